The molecule has 0 aliphatic carbocycles. The summed E-state index contributed by atoms with van der Waals surface area (Å²) < 4.78 is 1.84. The normalized spacial score (nSPS) is 20.0. The molecule has 0 bridgehead atoms. The molecule has 140 valence electrons. The Bertz CT molecular complexity index is 743. The molecule has 1 saturated heterocycles. The van der Waals surface area contributed by atoms with Crippen LogP contribution in [0.1, 0.15) is 23.0 Å². The Balaban J connectivity index is 1.75. The van der Waals surface area contributed by atoms with E-state index in [-0.39, 0.29) is 11.9 Å². The Morgan fingerprint density at radius 3 is 2.81 bits per heavy atom. The van der Waals surface area contributed by atoms with Gasteiger partial charge < -0.3 is 15.1 Å². The lowest BCUT2D eigenvalue weighted by molar-refractivity contribution is 0.0927. The molecular formula is C18H27N7O. The zero-order valence-electron chi connectivity index (χ0n) is 15.9. The van der Waals surface area contributed by atoms with E-state index in [1.54, 1.807) is 18.7 Å². The number of nitrogens with zero attached hydrogens (tertiary/aromatic N) is 6. The lowest BCUT2D eigenvalue weighted by Crippen LogP contribution is -2.43. The first-order valence-electron chi connectivity index (χ1n) is 8.98. The van der Waals surface area contributed by atoms with Crippen LogP contribution in [0.4, 0.5) is 5.82 Å². The number of nitrogens with one attached hydrogen (secondary N) is 1. The minimum Gasteiger partial charge on any atom is -0.354 e. The molecule has 1 N–H and O–H groups in total. The highest BCUT2D eigenvalue weighted by Gasteiger charge is 2.35. The summed E-state index contributed by atoms with van der Waals surface area (Å²) in [6.45, 7) is 7.21. The van der Waals surface area contributed by atoms with Crippen molar-refractivity contribution in [2.24, 2.45) is 5.92 Å². The van der Waals surface area contributed by atoms with E-state index in [0.29, 0.717) is 11.5 Å². The lowest BCUT2D eigenvalue weighted by Gasteiger charge is -2.22. The fourth-order valence-corrected chi connectivity index (χ4v) is 3.58. The summed E-state index contributed by atoms with van der Waals surface area (Å²) in [6.07, 6.45) is 4.97. The third-order valence-electron chi connectivity index (χ3n) is 4.89. The van der Waals surface area contributed by atoms with Crippen LogP contribution in [-0.4, -0.2) is 70.3 Å². The fraction of sp³-hybridized carbons (Fsp3) is 0.556. The van der Waals surface area contributed by atoms with Gasteiger partial charge in [-0.2, -0.15) is 5.10 Å². The smallest absolute Gasteiger partial charge is 0.255 e. The molecule has 0 saturated carbocycles. The molecule has 1 aliphatic heterocycles. The second-order valence-electron chi connectivity index (χ2n) is 7.03. The number of carbonyl (C=O) groups excluding carboxylic acids is 1. The van der Waals surface area contributed by atoms with Gasteiger partial charge in [0.2, 0.25) is 0 Å². The first-order valence-corrected chi connectivity index (χ1v) is 8.98. The molecule has 0 radical (unpaired) electrons. The van der Waals surface area contributed by atoms with Crippen molar-refractivity contribution in [2.75, 3.05) is 38.6 Å². The highest BCUT2D eigenvalue weighted by atomic mass is 16.1. The maximum atomic E-state index is 12.8. The summed E-state index contributed by atoms with van der Waals surface area (Å²) in [6, 6.07) is 1.97. The molecule has 2 aromatic rings. The number of hydrogen-bond acceptors (Lipinski definition) is 6. The molecule has 2 atom stereocenters. The Hall–Kier alpha value is -2.48. The van der Waals surface area contributed by atoms with Gasteiger partial charge in [0.1, 0.15) is 12.1 Å². The van der Waals surface area contributed by atoms with Crippen molar-refractivity contribution in [3.8, 4) is 0 Å². The first kappa shape index (κ1) is 18.3. The second-order valence-corrected chi connectivity index (χ2v) is 7.03. The summed E-state index contributed by atoms with van der Waals surface area (Å²) in [4.78, 5) is 25.5. The van der Waals surface area contributed by atoms with E-state index in [0.717, 1.165) is 37.7 Å². The molecule has 1 aliphatic rings. The van der Waals surface area contributed by atoms with Crippen molar-refractivity contribution < 1.29 is 4.79 Å². The number of hydrogen-bond donors (Lipinski definition) is 1. The number of aromatic nitrogens is 4. The molecule has 26 heavy (non-hydrogen) atoms. The molecule has 8 nitrogen and oxygen atoms in total. The fourth-order valence-electron chi connectivity index (χ4n) is 3.58. The molecular weight excluding hydrogens is 330 g/mol. The van der Waals surface area contributed by atoms with Gasteiger partial charge in [-0.1, -0.05) is 0 Å². The predicted molar refractivity (Wildman–Crippen MR) is 100 cm³/mol. The standard InChI is InChI=1S/C18H27N7O/c1-5-25-13(2)15(8-21-25)18(26)22-16-11-24(10-14(16)9-23(3)4)17-6-7-19-12-20-17/h6-8,12,14,16H,5,9-11H2,1-4H3,(H,22,26)/t14-,16-/m1/s1. The second kappa shape index (κ2) is 7.82. The highest BCUT2D eigenvalue weighted by molar-refractivity contribution is 5.95. The number of rotatable bonds is 6. The molecule has 2 aromatic heterocycles. The third-order valence-corrected chi connectivity index (χ3v) is 4.89. The molecule has 1 amide bonds. The van der Waals surface area contributed by atoms with Gasteiger partial charge >= 0.3 is 0 Å². The molecule has 0 aromatic carbocycles. The molecule has 1 fully saturated rings. The van der Waals surface area contributed by atoms with Crippen molar-refractivity contribution in [1.29, 1.82) is 0 Å². The molecule has 8 heteroatoms. The van der Waals surface area contributed by atoms with Crippen LogP contribution in [0.25, 0.3) is 0 Å². The van der Waals surface area contributed by atoms with Gasteiger partial charge in [0.05, 0.1) is 17.8 Å². The third kappa shape index (κ3) is 3.85. The first-order chi connectivity index (χ1) is 12.5. The average Bonchev–Trinajstić information content (AvgIpc) is 3.18. The predicted octanol–water partition coefficient (Wildman–Crippen LogP) is 0.798. The van der Waals surface area contributed by atoms with E-state index in [1.165, 1.54) is 0 Å². The van der Waals surface area contributed by atoms with Gasteiger partial charge in [-0.25, -0.2) is 9.97 Å². The Morgan fingerprint density at radius 1 is 1.38 bits per heavy atom. The highest BCUT2D eigenvalue weighted by Crippen LogP contribution is 2.23. The van der Waals surface area contributed by atoms with E-state index in [4.69, 9.17) is 0 Å². The number of anilines is 1. The number of carbonyl (C=O) groups is 1. The van der Waals surface area contributed by atoms with Crippen LogP contribution in [0.5, 0.6) is 0 Å². The van der Waals surface area contributed by atoms with Gasteiger partial charge in [0, 0.05) is 44.0 Å². The van der Waals surface area contributed by atoms with Crippen molar-refractivity contribution in [3.05, 3.63) is 36.0 Å². The lowest BCUT2D eigenvalue weighted by atomic mass is 10.0. The van der Waals surface area contributed by atoms with E-state index >= 15 is 0 Å². The van der Waals surface area contributed by atoms with Crippen LogP contribution in [0, 0.1) is 12.8 Å². The van der Waals surface area contributed by atoms with Gasteiger partial charge in [-0.05, 0) is 34.0 Å². The maximum Gasteiger partial charge on any atom is 0.255 e. The van der Waals surface area contributed by atoms with Crippen molar-refractivity contribution in [2.45, 2.75) is 26.4 Å². The summed E-state index contributed by atoms with van der Waals surface area (Å²) in [5, 5.41) is 7.50. The van der Waals surface area contributed by atoms with Gasteiger partial charge in [-0.3, -0.25) is 9.48 Å². The monoisotopic (exact) mass is 357 g/mol. The van der Waals surface area contributed by atoms with Crippen LogP contribution < -0.4 is 10.2 Å². The van der Waals surface area contributed by atoms with Crippen molar-refractivity contribution in [1.82, 2.24) is 30.0 Å². The summed E-state index contributed by atoms with van der Waals surface area (Å²) in [5.41, 5.74) is 1.55. The maximum absolute atomic E-state index is 12.8. The molecule has 0 unspecified atom stereocenters. The van der Waals surface area contributed by atoms with Crippen molar-refractivity contribution in [3.63, 3.8) is 0 Å². The quantitative estimate of drug-likeness (QED) is 0.824. The average molecular weight is 357 g/mol. The zero-order chi connectivity index (χ0) is 18.7. The Morgan fingerprint density at radius 2 is 2.19 bits per heavy atom. The molecule has 3 heterocycles. The van der Waals surface area contributed by atoms with E-state index < -0.39 is 0 Å². The summed E-state index contributed by atoms with van der Waals surface area (Å²) >= 11 is 0. The minimum atomic E-state index is -0.0551. The van der Waals surface area contributed by atoms with Gasteiger partial charge in [0.15, 0.2) is 0 Å². The topological polar surface area (TPSA) is 79.2 Å². The molecule has 0 spiro atoms. The summed E-state index contributed by atoms with van der Waals surface area (Å²) in [7, 11) is 4.11. The van der Waals surface area contributed by atoms with Crippen molar-refractivity contribution >= 4 is 11.7 Å². The van der Waals surface area contributed by atoms with Crippen LogP contribution in [0.3, 0.4) is 0 Å². The van der Waals surface area contributed by atoms with Crippen LogP contribution in [-0.2, 0) is 6.54 Å². The van der Waals surface area contributed by atoms with Crippen LogP contribution in [0.2, 0.25) is 0 Å². The number of amides is 1. The Labute approximate surface area is 154 Å². The minimum absolute atomic E-state index is 0.0551. The van der Waals surface area contributed by atoms with Gasteiger partial charge in [0.25, 0.3) is 5.91 Å². The van der Waals surface area contributed by atoms with E-state index in [9.17, 15) is 4.79 Å². The Kier molecular flexibility index (Phi) is 5.51. The van der Waals surface area contributed by atoms with E-state index in [1.807, 2.05) is 24.6 Å². The SMILES string of the molecule is CCn1ncc(C(=O)N[C@@H]2CN(c3ccncn3)C[C@H]2CN(C)C)c1C. The van der Waals surface area contributed by atoms with E-state index in [2.05, 4.69) is 44.3 Å². The molecule has 3 rings (SSSR count). The van der Waals surface area contributed by atoms with Crippen LogP contribution >= 0.6 is 0 Å². The van der Waals surface area contributed by atoms with Crippen LogP contribution in [0.15, 0.2) is 24.8 Å². The zero-order valence-corrected chi connectivity index (χ0v) is 15.9. The largest absolute Gasteiger partial charge is 0.354 e. The summed E-state index contributed by atoms with van der Waals surface area (Å²) in [5.74, 6) is 1.17. The van der Waals surface area contributed by atoms with Gasteiger partial charge in [-0.15, -0.1) is 0 Å². The number of aryl methyl sites for hydroxylation is 1.